The third-order valence-corrected chi connectivity index (χ3v) is 3.09. The predicted octanol–water partition coefficient (Wildman–Crippen LogP) is 3.13. The molecule has 3 aromatic rings. The van der Waals surface area contributed by atoms with Crippen molar-refractivity contribution in [1.29, 1.82) is 0 Å². The maximum atomic E-state index is 13.1. The van der Waals surface area contributed by atoms with E-state index in [0.717, 1.165) is 23.4 Å². The molecule has 0 aliphatic heterocycles. The molecule has 0 radical (unpaired) electrons. The van der Waals surface area contributed by atoms with E-state index in [1.54, 1.807) is 12.3 Å². The number of hydrogen-bond donors (Lipinski definition) is 1. The smallest absolute Gasteiger partial charge is 0.141 e. The molecule has 0 atom stereocenters. The SMILES string of the molecule is CC(C)Cn1cc(-c2cn[nH]c2)c(-c2ccc(F)cn2)n1. The second-order valence-corrected chi connectivity index (χ2v) is 5.36. The average Bonchev–Trinajstić information content (AvgIpc) is 3.07. The van der Waals surface area contributed by atoms with Gasteiger partial charge in [-0.3, -0.25) is 14.8 Å². The normalized spacial score (nSPS) is 11.2. The summed E-state index contributed by atoms with van der Waals surface area (Å²) in [7, 11) is 0. The van der Waals surface area contributed by atoms with Crippen LogP contribution in [-0.4, -0.2) is 25.0 Å². The van der Waals surface area contributed by atoms with Crippen molar-refractivity contribution >= 4 is 0 Å². The lowest BCUT2D eigenvalue weighted by Crippen LogP contribution is -2.04. The number of aromatic nitrogens is 5. The molecule has 0 aliphatic carbocycles. The van der Waals surface area contributed by atoms with Crippen LogP contribution in [0.1, 0.15) is 13.8 Å². The van der Waals surface area contributed by atoms with E-state index < -0.39 is 0 Å². The lowest BCUT2D eigenvalue weighted by Gasteiger charge is -2.03. The molecule has 0 amide bonds. The molecule has 3 rings (SSSR count). The van der Waals surface area contributed by atoms with Crippen LogP contribution in [0.3, 0.4) is 0 Å². The van der Waals surface area contributed by atoms with E-state index in [4.69, 9.17) is 0 Å². The van der Waals surface area contributed by atoms with Crippen LogP contribution in [0.4, 0.5) is 4.39 Å². The third-order valence-electron chi connectivity index (χ3n) is 3.09. The average molecular weight is 285 g/mol. The van der Waals surface area contributed by atoms with Gasteiger partial charge < -0.3 is 0 Å². The van der Waals surface area contributed by atoms with Crippen molar-refractivity contribution in [2.24, 2.45) is 5.92 Å². The molecule has 3 aromatic heterocycles. The molecular formula is C15H16FN5. The molecular weight excluding hydrogens is 269 g/mol. The quantitative estimate of drug-likeness (QED) is 0.801. The monoisotopic (exact) mass is 285 g/mol. The van der Waals surface area contributed by atoms with Crippen LogP contribution in [0.2, 0.25) is 0 Å². The summed E-state index contributed by atoms with van der Waals surface area (Å²) in [5.41, 5.74) is 3.25. The van der Waals surface area contributed by atoms with Crippen LogP contribution in [0, 0.1) is 11.7 Å². The van der Waals surface area contributed by atoms with E-state index in [1.165, 1.54) is 12.3 Å². The van der Waals surface area contributed by atoms with Crippen molar-refractivity contribution in [3.63, 3.8) is 0 Å². The van der Waals surface area contributed by atoms with Gasteiger partial charge in [-0.25, -0.2) is 4.39 Å². The van der Waals surface area contributed by atoms with Gasteiger partial charge in [0.1, 0.15) is 11.5 Å². The number of nitrogens with zero attached hydrogens (tertiary/aromatic N) is 4. The number of pyridine rings is 1. The van der Waals surface area contributed by atoms with Gasteiger partial charge in [0.05, 0.1) is 18.1 Å². The van der Waals surface area contributed by atoms with E-state index in [1.807, 2.05) is 17.1 Å². The van der Waals surface area contributed by atoms with E-state index >= 15 is 0 Å². The molecule has 21 heavy (non-hydrogen) atoms. The van der Waals surface area contributed by atoms with Crippen LogP contribution in [0.15, 0.2) is 36.9 Å². The van der Waals surface area contributed by atoms with Crippen LogP contribution < -0.4 is 0 Å². The second kappa shape index (κ2) is 5.47. The summed E-state index contributed by atoms with van der Waals surface area (Å²) in [5, 5.41) is 11.4. The van der Waals surface area contributed by atoms with Crippen LogP contribution >= 0.6 is 0 Å². The maximum Gasteiger partial charge on any atom is 0.141 e. The number of H-pyrrole nitrogens is 1. The van der Waals surface area contributed by atoms with Crippen LogP contribution in [0.5, 0.6) is 0 Å². The molecule has 0 unspecified atom stereocenters. The Balaban J connectivity index is 2.08. The van der Waals surface area contributed by atoms with Crippen molar-refractivity contribution < 1.29 is 4.39 Å². The first kappa shape index (κ1) is 13.5. The summed E-state index contributed by atoms with van der Waals surface area (Å²) in [6, 6.07) is 3.03. The van der Waals surface area contributed by atoms with Crippen molar-refractivity contribution in [2.45, 2.75) is 20.4 Å². The minimum absolute atomic E-state index is 0.356. The minimum Gasteiger partial charge on any atom is -0.285 e. The second-order valence-electron chi connectivity index (χ2n) is 5.36. The Morgan fingerprint density at radius 1 is 1.29 bits per heavy atom. The molecule has 0 aliphatic rings. The lowest BCUT2D eigenvalue weighted by molar-refractivity contribution is 0.484. The molecule has 0 fully saturated rings. The van der Waals surface area contributed by atoms with Gasteiger partial charge >= 0.3 is 0 Å². The Morgan fingerprint density at radius 3 is 2.76 bits per heavy atom. The largest absolute Gasteiger partial charge is 0.285 e. The molecule has 0 bridgehead atoms. The zero-order chi connectivity index (χ0) is 14.8. The van der Waals surface area contributed by atoms with E-state index in [9.17, 15) is 4.39 Å². The summed E-state index contributed by atoms with van der Waals surface area (Å²) >= 11 is 0. The van der Waals surface area contributed by atoms with Gasteiger partial charge in [0.15, 0.2) is 0 Å². The molecule has 0 saturated heterocycles. The highest BCUT2D eigenvalue weighted by Crippen LogP contribution is 2.29. The molecule has 5 nitrogen and oxygen atoms in total. The summed E-state index contributed by atoms with van der Waals surface area (Å²) < 4.78 is 14.9. The molecule has 1 N–H and O–H groups in total. The standard InChI is InChI=1S/C15H16FN5/c1-10(2)8-21-9-13(11-5-18-19-6-11)15(20-21)14-4-3-12(16)7-17-14/h3-7,9-10H,8H2,1-2H3,(H,18,19). The van der Waals surface area contributed by atoms with E-state index in [2.05, 4.69) is 34.1 Å². The molecule has 0 saturated carbocycles. The van der Waals surface area contributed by atoms with Gasteiger partial charge in [-0.1, -0.05) is 13.8 Å². The maximum absolute atomic E-state index is 13.1. The molecule has 108 valence electrons. The molecule has 0 spiro atoms. The fourth-order valence-corrected chi connectivity index (χ4v) is 2.20. The van der Waals surface area contributed by atoms with E-state index in [0.29, 0.717) is 11.6 Å². The van der Waals surface area contributed by atoms with E-state index in [-0.39, 0.29) is 5.82 Å². The highest BCUT2D eigenvalue weighted by atomic mass is 19.1. The molecule has 6 heteroatoms. The highest BCUT2D eigenvalue weighted by Gasteiger charge is 2.15. The first-order valence-corrected chi connectivity index (χ1v) is 6.82. The zero-order valence-electron chi connectivity index (χ0n) is 11.9. The Hall–Kier alpha value is -2.50. The van der Waals surface area contributed by atoms with Crippen molar-refractivity contribution in [3.05, 3.63) is 42.7 Å². The minimum atomic E-state index is -0.356. The number of nitrogens with one attached hydrogen (secondary N) is 1. The summed E-state index contributed by atoms with van der Waals surface area (Å²) in [4.78, 5) is 4.13. The summed E-state index contributed by atoms with van der Waals surface area (Å²) in [6.45, 7) is 5.08. The molecule has 0 aromatic carbocycles. The predicted molar refractivity (Wildman–Crippen MR) is 77.8 cm³/mol. The first-order valence-electron chi connectivity index (χ1n) is 6.82. The topological polar surface area (TPSA) is 59.4 Å². The Labute approximate surface area is 121 Å². The van der Waals surface area contributed by atoms with Crippen molar-refractivity contribution in [1.82, 2.24) is 25.0 Å². The number of hydrogen-bond acceptors (Lipinski definition) is 3. The highest BCUT2D eigenvalue weighted by molar-refractivity contribution is 5.77. The van der Waals surface area contributed by atoms with Gasteiger partial charge in [-0.2, -0.15) is 10.2 Å². The Morgan fingerprint density at radius 2 is 2.14 bits per heavy atom. The van der Waals surface area contributed by atoms with Crippen molar-refractivity contribution in [2.75, 3.05) is 0 Å². The van der Waals surface area contributed by atoms with Gasteiger partial charge in [-0.05, 0) is 18.1 Å². The van der Waals surface area contributed by atoms with Crippen LogP contribution in [0.25, 0.3) is 22.5 Å². The summed E-state index contributed by atoms with van der Waals surface area (Å²) in [6.07, 6.45) is 6.73. The Bertz CT molecular complexity index is 713. The van der Waals surface area contributed by atoms with Gasteiger partial charge in [0, 0.05) is 30.1 Å². The number of rotatable bonds is 4. The van der Waals surface area contributed by atoms with Crippen molar-refractivity contribution in [3.8, 4) is 22.5 Å². The van der Waals surface area contributed by atoms with Crippen LogP contribution in [-0.2, 0) is 6.54 Å². The third kappa shape index (κ3) is 2.84. The lowest BCUT2D eigenvalue weighted by atomic mass is 10.1. The van der Waals surface area contributed by atoms with Gasteiger partial charge in [0.25, 0.3) is 0 Å². The fourth-order valence-electron chi connectivity index (χ4n) is 2.20. The summed E-state index contributed by atoms with van der Waals surface area (Å²) in [5.74, 6) is 0.126. The first-order chi connectivity index (χ1) is 10.1. The van der Waals surface area contributed by atoms with Gasteiger partial charge in [0.2, 0.25) is 0 Å². The molecule has 3 heterocycles. The van der Waals surface area contributed by atoms with Gasteiger partial charge in [-0.15, -0.1) is 0 Å². The number of aromatic amines is 1. The zero-order valence-corrected chi connectivity index (χ0v) is 11.9. The fraction of sp³-hybridized carbons (Fsp3) is 0.267. The Kier molecular flexibility index (Phi) is 3.51. The number of halogens is 1.